The molecule has 0 spiro atoms. The smallest absolute Gasteiger partial charge is 0.416 e. The Kier molecular flexibility index (Phi) is 9.68. The summed E-state index contributed by atoms with van der Waals surface area (Å²) in [4.78, 5) is 37.0. The first-order valence-corrected chi connectivity index (χ1v) is 17.1. The van der Waals surface area contributed by atoms with E-state index >= 15 is 0 Å². The molecule has 0 bridgehead atoms. The molecule has 15 heteroatoms. The van der Waals surface area contributed by atoms with Crippen molar-refractivity contribution in [1.82, 2.24) is 24.6 Å². The molecule has 0 radical (unpaired) electrons. The first-order valence-electron chi connectivity index (χ1n) is 17.1. The minimum atomic E-state index is -4.58. The number of rotatable bonds is 10. The zero-order valence-electron chi connectivity index (χ0n) is 29.4. The monoisotopic (exact) mass is 729 g/mol. The minimum Gasteiger partial charge on any atom is -0.497 e. The molecule has 2 aliphatic rings. The second-order valence-electron chi connectivity index (χ2n) is 13.5. The van der Waals surface area contributed by atoms with E-state index in [0.717, 1.165) is 47.8 Å². The summed E-state index contributed by atoms with van der Waals surface area (Å²) in [6.07, 6.45) is -0.206. The van der Waals surface area contributed by atoms with Gasteiger partial charge in [-0.15, -0.1) is 0 Å². The highest BCUT2D eigenvalue weighted by atomic mass is 19.4. The van der Waals surface area contributed by atoms with Gasteiger partial charge in [0.2, 0.25) is 5.91 Å². The number of fused-ring (bicyclic) bond motifs is 1. The molecule has 12 nitrogen and oxygen atoms in total. The lowest BCUT2D eigenvalue weighted by molar-refractivity contribution is -0.169. The van der Waals surface area contributed by atoms with Crippen molar-refractivity contribution < 1.29 is 37.0 Å². The van der Waals surface area contributed by atoms with E-state index in [0.29, 0.717) is 61.4 Å². The van der Waals surface area contributed by atoms with Gasteiger partial charge in [-0.2, -0.15) is 18.3 Å². The van der Waals surface area contributed by atoms with E-state index < -0.39 is 23.1 Å². The summed E-state index contributed by atoms with van der Waals surface area (Å²) in [5.74, 6) is 1.06. The molecule has 7 rings (SSSR count). The number of alkyl halides is 3. The fraction of sp³-hybridized carbons (Fsp3) is 0.342. The first-order chi connectivity index (χ1) is 25.5. The van der Waals surface area contributed by atoms with Crippen LogP contribution in [0.5, 0.6) is 11.5 Å². The van der Waals surface area contributed by atoms with E-state index in [-0.39, 0.29) is 23.2 Å². The molecule has 53 heavy (non-hydrogen) atoms. The van der Waals surface area contributed by atoms with Crippen LogP contribution in [0.3, 0.4) is 0 Å². The molecule has 276 valence electrons. The maximum absolute atomic E-state index is 13.5. The highest BCUT2D eigenvalue weighted by Gasteiger charge is 2.45. The number of methoxy groups -OCH3 is 2. The lowest BCUT2D eigenvalue weighted by Crippen LogP contribution is -2.55. The van der Waals surface area contributed by atoms with Crippen molar-refractivity contribution in [3.63, 3.8) is 0 Å². The molecular formula is C38H38F3N7O5. The number of hydrogen-bond acceptors (Lipinski definition) is 9. The van der Waals surface area contributed by atoms with Crippen LogP contribution in [0.2, 0.25) is 0 Å². The summed E-state index contributed by atoms with van der Waals surface area (Å²) in [5.41, 5.74) is 1.79. The molecule has 1 unspecified atom stereocenters. The number of halogens is 3. The molecule has 2 amide bonds. The Hall–Kier alpha value is -5.70. The van der Waals surface area contributed by atoms with Crippen LogP contribution in [-0.2, 0) is 22.3 Å². The Labute approximate surface area is 303 Å². The summed E-state index contributed by atoms with van der Waals surface area (Å²) in [7, 11) is 3.18. The van der Waals surface area contributed by atoms with Crippen LogP contribution in [0, 0.1) is 5.41 Å². The van der Waals surface area contributed by atoms with Crippen LogP contribution in [0.15, 0.2) is 73.1 Å². The lowest BCUT2D eigenvalue weighted by atomic mass is 9.85. The molecule has 0 saturated carbocycles. The van der Waals surface area contributed by atoms with Gasteiger partial charge in [0.25, 0.3) is 5.91 Å². The van der Waals surface area contributed by atoms with E-state index in [2.05, 4.69) is 15.6 Å². The zero-order valence-corrected chi connectivity index (χ0v) is 29.4. The Morgan fingerprint density at radius 1 is 1.00 bits per heavy atom. The van der Waals surface area contributed by atoms with Crippen LogP contribution in [0.25, 0.3) is 16.6 Å². The average Bonchev–Trinajstić information content (AvgIpc) is 3.56. The normalized spacial score (nSPS) is 16.9. The van der Waals surface area contributed by atoms with Gasteiger partial charge >= 0.3 is 6.18 Å². The van der Waals surface area contributed by atoms with Crippen molar-refractivity contribution in [2.45, 2.75) is 38.4 Å². The Bertz CT molecular complexity index is 2150. The number of pyridine rings is 2. The highest BCUT2D eigenvalue weighted by Crippen LogP contribution is 2.38. The molecule has 2 aromatic carbocycles. The lowest BCUT2D eigenvalue weighted by Gasteiger charge is -2.42. The van der Waals surface area contributed by atoms with Gasteiger partial charge in [0.1, 0.15) is 22.8 Å². The molecule has 2 N–H and O–H groups in total. The molecule has 1 atom stereocenters. The molecule has 2 saturated heterocycles. The van der Waals surface area contributed by atoms with Crippen molar-refractivity contribution in [3.8, 4) is 17.2 Å². The molecular weight excluding hydrogens is 691 g/mol. The minimum absolute atomic E-state index is 0.0528. The summed E-state index contributed by atoms with van der Waals surface area (Å²) >= 11 is 0. The van der Waals surface area contributed by atoms with Crippen LogP contribution in [-0.4, -0.2) is 77.0 Å². The third-order valence-electron chi connectivity index (χ3n) is 9.72. The zero-order chi connectivity index (χ0) is 37.3. The third-order valence-corrected chi connectivity index (χ3v) is 9.72. The summed E-state index contributed by atoms with van der Waals surface area (Å²) < 4.78 is 57.8. The third kappa shape index (κ3) is 7.20. The average molecular weight is 730 g/mol. The van der Waals surface area contributed by atoms with Crippen molar-refractivity contribution >= 4 is 34.4 Å². The molecule has 5 heterocycles. The number of anilines is 2. The van der Waals surface area contributed by atoms with Gasteiger partial charge in [-0.1, -0.05) is 0 Å². The number of ether oxygens (including phenoxy) is 3. The van der Waals surface area contributed by atoms with Gasteiger partial charge in [-0.25, -0.2) is 14.6 Å². The van der Waals surface area contributed by atoms with E-state index in [9.17, 15) is 22.8 Å². The fourth-order valence-electron chi connectivity index (χ4n) is 6.80. The second kappa shape index (κ2) is 14.4. The van der Waals surface area contributed by atoms with Crippen molar-refractivity contribution in [1.29, 1.82) is 0 Å². The maximum atomic E-state index is 13.5. The largest absolute Gasteiger partial charge is 0.497 e. The topological polar surface area (TPSA) is 133 Å². The number of carbonyl (C=O) groups is 2. The Morgan fingerprint density at radius 2 is 1.77 bits per heavy atom. The molecule has 2 fully saturated rings. The van der Waals surface area contributed by atoms with Crippen molar-refractivity contribution in [2.75, 3.05) is 51.2 Å². The van der Waals surface area contributed by atoms with Crippen LogP contribution < -0.4 is 20.1 Å². The van der Waals surface area contributed by atoms with Gasteiger partial charge in [-0.3, -0.25) is 9.59 Å². The number of benzene rings is 2. The number of piperidine rings is 1. The van der Waals surface area contributed by atoms with Gasteiger partial charge in [0.05, 0.1) is 49.8 Å². The van der Waals surface area contributed by atoms with Crippen LogP contribution in [0.1, 0.15) is 52.9 Å². The molecule has 3 aromatic heterocycles. The summed E-state index contributed by atoms with van der Waals surface area (Å²) in [6.45, 7) is 4.31. The van der Waals surface area contributed by atoms with E-state index in [4.69, 9.17) is 24.3 Å². The fourth-order valence-corrected chi connectivity index (χ4v) is 6.80. The first kappa shape index (κ1) is 35.7. The number of nitrogens with zero attached hydrogens (tertiary/aromatic N) is 5. The van der Waals surface area contributed by atoms with Gasteiger partial charge < -0.3 is 29.7 Å². The highest BCUT2D eigenvalue weighted by molar-refractivity contribution is 6.04. The number of hydrogen-bond donors (Lipinski definition) is 2. The Balaban J connectivity index is 1.22. The van der Waals surface area contributed by atoms with E-state index in [1.165, 1.54) is 0 Å². The quantitative estimate of drug-likeness (QED) is 0.166. The summed E-state index contributed by atoms with van der Waals surface area (Å²) in [5, 5.41) is 11.9. The Morgan fingerprint density at radius 3 is 2.47 bits per heavy atom. The van der Waals surface area contributed by atoms with Crippen LogP contribution >= 0.6 is 0 Å². The number of nitrogens with one attached hydrogen (secondary N) is 2. The predicted octanol–water partition coefficient (Wildman–Crippen LogP) is 6.46. The standard InChI is InChI=1S/C38H38F3N7O5/c1-37(21-53-22-37)36(50)47-16-4-5-25(20-47)32-29-13-15-43-34(44-19-24-8-11-28(51-2)18-30(24)52-3)33(29)48(46-32)27-9-6-23(7-10-27)35(49)45-31-17-26(12-14-42-31)38(39,40)41/h6-15,17-18,25H,4-5,16,19-22H2,1-3H3,(H,43,44)(H,42,45,49). The molecule has 0 aliphatic carbocycles. The SMILES string of the molecule is COc1ccc(CNc2nccc3c(C4CCCN(C(=O)C5(C)COC5)C4)nn(-c4ccc(C(=O)Nc5cc(C(F)(F)F)ccn5)cc4)c23)c(OC)c1. The van der Waals surface area contributed by atoms with Gasteiger partial charge in [-0.05, 0) is 74.4 Å². The number of aromatic nitrogens is 4. The van der Waals surface area contributed by atoms with E-state index in [1.807, 2.05) is 30.0 Å². The second-order valence-corrected chi connectivity index (χ2v) is 13.5. The maximum Gasteiger partial charge on any atom is 0.416 e. The predicted molar refractivity (Wildman–Crippen MR) is 190 cm³/mol. The van der Waals surface area contributed by atoms with Gasteiger partial charge in [0, 0.05) is 60.5 Å². The summed E-state index contributed by atoms with van der Waals surface area (Å²) in [6, 6.07) is 15.7. The van der Waals surface area contributed by atoms with E-state index in [1.54, 1.807) is 55.4 Å². The molecule has 5 aromatic rings. The van der Waals surface area contributed by atoms with Crippen molar-refractivity contribution in [3.05, 3.63) is 95.4 Å². The van der Waals surface area contributed by atoms with Crippen molar-refractivity contribution in [2.24, 2.45) is 5.41 Å². The number of amides is 2. The number of carbonyl (C=O) groups excluding carboxylic acids is 2. The number of likely N-dealkylation sites (tertiary alicyclic amines) is 1. The van der Waals surface area contributed by atoms with Crippen LogP contribution in [0.4, 0.5) is 24.8 Å². The van der Waals surface area contributed by atoms with Gasteiger partial charge in [0.15, 0.2) is 5.82 Å². The molecule has 2 aliphatic heterocycles.